The molecule has 5 nitrogen and oxygen atoms in total. The van der Waals surface area contributed by atoms with E-state index in [0.29, 0.717) is 19.3 Å². The van der Waals surface area contributed by atoms with Gasteiger partial charge in [-0.15, -0.1) is 12.3 Å². The highest BCUT2D eigenvalue weighted by Crippen LogP contribution is 2.38. The molecule has 0 N–H and O–H groups in total. The zero-order valence-corrected chi connectivity index (χ0v) is 12.3. The average molecular weight is 317 g/mol. The Hall–Kier alpha value is -1.62. The summed E-state index contributed by atoms with van der Waals surface area (Å²) in [4.78, 5) is 13.1. The number of morpholine rings is 1. The van der Waals surface area contributed by atoms with Gasteiger partial charge in [0.15, 0.2) is 11.7 Å². The summed E-state index contributed by atoms with van der Waals surface area (Å²) in [6.45, 7) is 1.06. The van der Waals surface area contributed by atoms with Crippen LogP contribution < -0.4 is 0 Å². The number of halogens is 3. The van der Waals surface area contributed by atoms with Gasteiger partial charge < -0.3 is 9.64 Å². The molecule has 0 spiro atoms. The normalized spacial score (nSPS) is 26.6. The van der Waals surface area contributed by atoms with E-state index < -0.39 is 36.5 Å². The summed E-state index contributed by atoms with van der Waals surface area (Å²) in [7, 11) is 0. The lowest BCUT2D eigenvalue weighted by Gasteiger charge is -2.39. The number of hydrogen-bond acceptors (Lipinski definition) is 4. The largest absolute Gasteiger partial charge is 0.411 e. The highest BCUT2D eigenvalue weighted by molar-refractivity contribution is 5.77. The Labute approximate surface area is 126 Å². The summed E-state index contributed by atoms with van der Waals surface area (Å²) < 4.78 is 44.0. The van der Waals surface area contributed by atoms with Crippen LogP contribution >= 0.6 is 0 Å². The van der Waals surface area contributed by atoms with E-state index in [1.54, 1.807) is 6.92 Å². The molecule has 0 aromatic carbocycles. The van der Waals surface area contributed by atoms with Crippen molar-refractivity contribution in [2.75, 3.05) is 13.2 Å². The van der Waals surface area contributed by atoms with Crippen LogP contribution in [0.2, 0.25) is 0 Å². The zero-order chi connectivity index (χ0) is 16.4. The van der Waals surface area contributed by atoms with Gasteiger partial charge >= 0.3 is 6.18 Å². The monoisotopic (exact) mass is 317 g/mol. The van der Waals surface area contributed by atoms with E-state index in [2.05, 4.69) is 16.1 Å². The van der Waals surface area contributed by atoms with Crippen LogP contribution in [0.15, 0.2) is 10.2 Å². The van der Waals surface area contributed by atoms with Crippen molar-refractivity contribution < 1.29 is 22.7 Å². The molecule has 0 bridgehead atoms. The van der Waals surface area contributed by atoms with Gasteiger partial charge in [0.25, 0.3) is 0 Å². The predicted molar refractivity (Wildman–Crippen MR) is 71.9 cm³/mol. The molecule has 8 heteroatoms. The maximum atomic E-state index is 13.0. The molecule has 2 aliphatic rings. The molecule has 0 saturated carbocycles. The van der Waals surface area contributed by atoms with Crippen molar-refractivity contribution in [3.05, 3.63) is 0 Å². The fraction of sp³-hybridized carbons (Fsp3) is 0.786. The molecular formula is C14H18F3N3O2. The molecule has 22 heavy (non-hydrogen) atoms. The van der Waals surface area contributed by atoms with Gasteiger partial charge in [-0.3, -0.25) is 4.79 Å². The summed E-state index contributed by atoms with van der Waals surface area (Å²) >= 11 is 0. The second-order valence-electron chi connectivity index (χ2n) is 5.63. The van der Waals surface area contributed by atoms with E-state index in [-0.39, 0.29) is 13.0 Å². The van der Waals surface area contributed by atoms with Crippen molar-refractivity contribution in [1.82, 2.24) is 4.90 Å². The highest BCUT2D eigenvalue weighted by Gasteiger charge is 2.48. The van der Waals surface area contributed by atoms with Crippen LogP contribution in [0.3, 0.4) is 0 Å². The molecule has 122 valence electrons. The van der Waals surface area contributed by atoms with Gasteiger partial charge in [-0.2, -0.15) is 23.4 Å². The van der Waals surface area contributed by atoms with Crippen molar-refractivity contribution >= 4 is 5.91 Å². The smallest absolute Gasteiger partial charge is 0.374 e. The zero-order valence-electron chi connectivity index (χ0n) is 12.3. The maximum absolute atomic E-state index is 13.0. The third-order valence-electron chi connectivity index (χ3n) is 3.86. The van der Waals surface area contributed by atoms with Crippen molar-refractivity contribution in [1.29, 1.82) is 0 Å². The van der Waals surface area contributed by atoms with Gasteiger partial charge in [-0.1, -0.05) is 0 Å². The second-order valence-corrected chi connectivity index (χ2v) is 5.63. The number of hydrogen-bond donors (Lipinski definition) is 0. The molecule has 0 aliphatic carbocycles. The van der Waals surface area contributed by atoms with Gasteiger partial charge in [-0.05, 0) is 6.92 Å². The minimum absolute atomic E-state index is 0.0309. The third-order valence-corrected chi connectivity index (χ3v) is 3.86. The van der Waals surface area contributed by atoms with Gasteiger partial charge in [0, 0.05) is 32.2 Å². The molecule has 2 atom stereocenters. The molecule has 2 aliphatic heterocycles. The molecule has 0 radical (unpaired) electrons. The summed E-state index contributed by atoms with van der Waals surface area (Å²) in [5.74, 6) is 1.92. The van der Waals surface area contributed by atoms with Gasteiger partial charge in [0.05, 0.1) is 12.7 Å². The van der Waals surface area contributed by atoms with E-state index in [0.717, 1.165) is 4.90 Å². The Bertz CT molecular complexity index is 493. The predicted octanol–water partition coefficient (Wildman–Crippen LogP) is 2.52. The molecule has 2 rings (SSSR count). The summed E-state index contributed by atoms with van der Waals surface area (Å²) in [6.07, 6.45) is 1.53. The lowest BCUT2D eigenvalue weighted by atomic mass is 10.0. The summed E-state index contributed by atoms with van der Waals surface area (Å²) in [5, 5.41) is 7.77. The van der Waals surface area contributed by atoms with E-state index in [1.165, 1.54) is 0 Å². The number of carbonyl (C=O) groups excluding carboxylic acids is 1. The minimum atomic E-state index is -4.49. The Morgan fingerprint density at radius 3 is 2.68 bits per heavy atom. The van der Waals surface area contributed by atoms with Crippen LogP contribution in [0, 0.1) is 12.3 Å². The molecule has 1 amide bonds. The Morgan fingerprint density at radius 2 is 2.14 bits per heavy atom. The Balaban J connectivity index is 1.93. The number of carbonyl (C=O) groups is 1. The summed E-state index contributed by atoms with van der Waals surface area (Å²) in [6, 6.07) is -1.88. The summed E-state index contributed by atoms with van der Waals surface area (Å²) in [5.41, 5.74) is -0.659. The van der Waals surface area contributed by atoms with Crippen LogP contribution in [0.4, 0.5) is 13.2 Å². The van der Waals surface area contributed by atoms with E-state index in [4.69, 9.17) is 11.2 Å². The van der Waals surface area contributed by atoms with Crippen LogP contribution in [0.25, 0.3) is 0 Å². The van der Waals surface area contributed by atoms with Crippen LogP contribution in [0.1, 0.15) is 32.6 Å². The van der Waals surface area contributed by atoms with Crippen LogP contribution in [-0.2, 0) is 9.53 Å². The number of amides is 1. The number of ether oxygens (including phenoxy) is 1. The molecule has 2 unspecified atom stereocenters. The topological polar surface area (TPSA) is 54.3 Å². The molecular weight excluding hydrogens is 299 g/mol. The first kappa shape index (κ1) is 16.7. The maximum Gasteiger partial charge on any atom is 0.411 e. The van der Waals surface area contributed by atoms with E-state index in [9.17, 15) is 18.0 Å². The standard InChI is InChI=1S/C14H18F3N3O2/c1-3-4-6-13(18-19-13)7-5-12(21)20-8-10(2)22-9-11(20)14(15,16)17/h1,10-11H,4-9H2,2H3. The van der Waals surface area contributed by atoms with Crippen molar-refractivity contribution in [3.8, 4) is 12.3 Å². The van der Waals surface area contributed by atoms with Gasteiger partial charge in [0.1, 0.15) is 0 Å². The lowest BCUT2D eigenvalue weighted by molar-refractivity contribution is -0.221. The number of rotatable bonds is 5. The fourth-order valence-corrected chi connectivity index (χ4v) is 2.47. The van der Waals surface area contributed by atoms with Crippen molar-refractivity contribution in [3.63, 3.8) is 0 Å². The first-order chi connectivity index (χ1) is 10.3. The van der Waals surface area contributed by atoms with Crippen molar-refractivity contribution in [2.45, 2.75) is 56.6 Å². The van der Waals surface area contributed by atoms with Crippen molar-refractivity contribution in [2.24, 2.45) is 10.2 Å². The molecule has 0 aromatic rings. The number of alkyl halides is 3. The molecule has 2 heterocycles. The van der Waals surface area contributed by atoms with Gasteiger partial charge in [-0.25, -0.2) is 0 Å². The van der Waals surface area contributed by atoms with E-state index in [1.807, 2.05) is 0 Å². The molecule has 0 aromatic heterocycles. The highest BCUT2D eigenvalue weighted by atomic mass is 19.4. The molecule has 1 fully saturated rings. The minimum Gasteiger partial charge on any atom is -0.374 e. The quantitative estimate of drug-likeness (QED) is 0.732. The first-order valence-electron chi connectivity index (χ1n) is 7.13. The second kappa shape index (κ2) is 6.24. The lowest BCUT2D eigenvalue weighted by Crippen LogP contribution is -2.57. The number of terminal acetylenes is 1. The van der Waals surface area contributed by atoms with E-state index >= 15 is 0 Å². The number of nitrogens with zero attached hydrogens (tertiary/aromatic N) is 3. The SMILES string of the molecule is C#CCCC1(CCC(=O)N2CC(C)OCC2C(F)(F)F)N=N1. The fourth-order valence-electron chi connectivity index (χ4n) is 2.47. The first-order valence-corrected chi connectivity index (χ1v) is 7.13. The van der Waals surface area contributed by atoms with Gasteiger partial charge in [0.2, 0.25) is 5.91 Å². The third kappa shape index (κ3) is 3.97. The average Bonchev–Trinajstić information content (AvgIpc) is 3.22. The Kier molecular flexibility index (Phi) is 4.75. The van der Waals surface area contributed by atoms with Crippen LogP contribution in [0.5, 0.6) is 0 Å². The molecule has 1 saturated heterocycles. The van der Waals surface area contributed by atoms with Crippen LogP contribution in [-0.4, -0.2) is 47.9 Å². The Morgan fingerprint density at radius 1 is 1.45 bits per heavy atom.